The molecule has 0 atom stereocenters. The first-order valence-corrected chi connectivity index (χ1v) is 7.84. The van der Waals surface area contributed by atoms with Crippen molar-refractivity contribution in [3.05, 3.63) is 58.1 Å². The molecule has 0 spiro atoms. The summed E-state index contributed by atoms with van der Waals surface area (Å²) in [5.74, 6) is 0. The maximum absolute atomic E-state index is 3.52. The van der Waals surface area contributed by atoms with Gasteiger partial charge >= 0.3 is 0 Å². The smallest absolute Gasteiger partial charge is 0.0480 e. The lowest BCUT2D eigenvalue weighted by Crippen LogP contribution is -2.00. The summed E-state index contributed by atoms with van der Waals surface area (Å²) in [4.78, 5) is 1.28. The van der Waals surface area contributed by atoms with Gasteiger partial charge in [-0.25, -0.2) is 0 Å². The molecule has 2 aromatic rings. The third kappa shape index (κ3) is 3.30. The second-order valence-corrected chi connectivity index (χ2v) is 5.84. The molecule has 1 nitrogen and oxygen atoms in total. The summed E-state index contributed by atoms with van der Waals surface area (Å²) in [5, 5.41) is 3.49. The van der Waals surface area contributed by atoms with Crippen molar-refractivity contribution < 1.29 is 0 Å². The SMILES string of the molecule is CSc1ccccc1NCc1ccc(Br)c(C)c1. The zero-order valence-electron chi connectivity index (χ0n) is 10.5. The van der Waals surface area contributed by atoms with Crippen molar-refractivity contribution in [1.29, 1.82) is 0 Å². The van der Waals surface area contributed by atoms with Gasteiger partial charge in [0.05, 0.1) is 0 Å². The monoisotopic (exact) mass is 321 g/mol. The first kappa shape index (κ1) is 13.5. The molecule has 0 amide bonds. The number of aryl methyl sites for hydroxylation is 1. The Hall–Kier alpha value is -0.930. The van der Waals surface area contributed by atoms with Gasteiger partial charge in [-0.2, -0.15) is 0 Å². The highest BCUT2D eigenvalue weighted by molar-refractivity contribution is 9.10. The Morgan fingerprint density at radius 2 is 1.94 bits per heavy atom. The molecular formula is C15H16BrNS. The van der Waals surface area contributed by atoms with Crippen LogP contribution in [0.25, 0.3) is 0 Å². The van der Waals surface area contributed by atoms with Gasteiger partial charge in [-0.1, -0.05) is 40.2 Å². The van der Waals surface area contributed by atoms with Crippen LogP contribution in [0.4, 0.5) is 5.69 Å². The lowest BCUT2D eigenvalue weighted by molar-refractivity contribution is 1.12. The van der Waals surface area contributed by atoms with Crippen LogP contribution in [0.3, 0.4) is 0 Å². The van der Waals surface area contributed by atoms with Crippen LogP contribution in [0, 0.1) is 6.92 Å². The molecule has 0 aliphatic heterocycles. The molecular weight excluding hydrogens is 306 g/mol. The fourth-order valence-corrected chi connectivity index (χ4v) is 2.63. The van der Waals surface area contributed by atoms with Crippen molar-refractivity contribution in [3.8, 4) is 0 Å². The zero-order chi connectivity index (χ0) is 13.0. The third-order valence-corrected chi connectivity index (χ3v) is 4.50. The molecule has 0 fully saturated rings. The van der Waals surface area contributed by atoms with Gasteiger partial charge < -0.3 is 5.32 Å². The van der Waals surface area contributed by atoms with Crippen LogP contribution >= 0.6 is 27.7 Å². The van der Waals surface area contributed by atoms with Gasteiger partial charge in [-0.15, -0.1) is 11.8 Å². The summed E-state index contributed by atoms with van der Waals surface area (Å²) < 4.78 is 1.16. The van der Waals surface area contributed by atoms with Crippen molar-refractivity contribution in [3.63, 3.8) is 0 Å². The minimum atomic E-state index is 0.853. The van der Waals surface area contributed by atoms with E-state index in [1.165, 1.54) is 21.7 Å². The van der Waals surface area contributed by atoms with Gasteiger partial charge in [-0.3, -0.25) is 0 Å². The van der Waals surface area contributed by atoms with E-state index in [1.54, 1.807) is 11.8 Å². The largest absolute Gasteiger partial charge is 0.380 e. The van der Waals surface area contributed by atoms with Crippen LogP contribution in [0.1, 0.15) is 11.1 Å². The summed E-state index contributed by atoms with van der Waals surface area (Å²) in [7, 11) is 0. The Morgan fingerprint density at radius 3 is 2.67 bits per heavy atom. The standard InChI is InChI=1S/C15H16BrNS/c1-11-9-12(7-8-13(11)16)10-17-14-5-3-4-6-15(14)18-2/h3-9,17H,10H2,1-2H3. The zero-order valence-corrected chi connectivity index (χ0v) is 12.9. The van der Waals surface area contributed by atoms with E-state index in [4.69, 9.17) is 0 Å². The maximum atomic E-state index is 3.52. The molecule has 0 heterocycles. The Kier molecular flexibility index (Phi) is 4.72. The average Bonchev–Trinajstić information content (AvgIpc) is 2.40. The summed E-state index contributed by atoms with van der Waals surface area (Å²) in [6.07, 6.45) is 2.10. The lowest BCUT2D eigenvalue weighted by atomic mass is 10.1. The lowest BCUT2D eigenvalue weighted by Gasteiger charge is -2.11. The molecule has 2 rings (SSSR count). The highest BCUT2D eigenvalue weighted by Gasteiger charge is 2.01. The molecule has 0 saturated carbocycles. The van der Waals surface area contributed by atoms with Gasteiger partial charge in [0.15, 0.2) is 0 Å². The molecule has 0 bridgehead atoms. The van der Waals surface area contributed by atoms with E-state index in [9.17, 15) is 0 Å². The Balaban J connectivity index is 2.09. The molecule has 3 heteroatoms. The summed E-state index contributed by atoms with van der Waals surface area (Å²) in [6.45, 7) is 2.97. The molecule has 1 N–H and O–H groups in total. The van der Waals surface area contributed by atoms with E-state index in [0.717, 1.165) is 11.0 Å². The van der Waals surface area contributed by atoms with Crippen LogP contribution in [0.2, 0.25) is 0 Å². The highest BCUT2D eigenvalue weighted by atomic mass is 79.9. The average molecular weight is 322 g/mol. The predicted octanol–water partition coefficient (Wildman–Crippen LogP) is 5.09. The second kappa shape index (κ2) is 6.30. The fraction of sp³-hybridized carbons (Fsp3) is 0.200. The highest BCUT2D eigenvalue weighted by Crippen LogP contribution is 2.25. The molecule has 0 aliphatic rings. The molecule has 0 aliphatic carbocycles. The van der Waals surface area contributed by atoms with Crippen LogP contribution < -0.4 is 5.32 Å². The number of halogens is 1. The van der Waals surface area contributed by atoms with E-state index in [-0.39, 0.29) is 0 Å². The Morgan fingerprint density at radius 1 is 1.17 bits per heavy atom. The fourth-order valence-electron chi connectivity index (χ4n) is 1.80. The topological polar surface area (TPSA) is 12.0 Å². The number of nitrogens with one attached hydrogen (secondary N) is 1. The number of hydrogen-bond acceptors (Lipinski definition) is 2. The van der Waals surface area contributed by atoms with Crippen molar-refractivity contribution in [2.75, 3.05) is 11.6 Å². The normalized spacial score (nSPS) is 10.4. The molecule has 0 saturated heterocycles. The molecule has 0 unspecified atom stereocenters. The van der Waals surface area contributed by atoms with E-state index in [2.05, 4.69) is 76.9 Å². The van der Waals surface area contributed by atoms with Gasteiger partial charge in [0.25, 0.3) is 0 Å². The van der Waals surface area contributed by atoms with Crippen molar-refractivity contribution in [2.45, 2.75) is 18.4 Å². The first-order chi connectivity index (χ1) is 8.70. The molecule has 94 valence electrons. The Labute approximate surface area is 121 Å². The van der Waals surface area contributed by atoms with Crippen molar-refractivity contribution in [2.24, 2.45) is 0 Å². The van der Waals surface area contributed by atoms with E-state index >= 15 is 0 Å². The summed E-state index contributed by atoms with van der Waals surface area (Å²) >= 11 is 5.29. The second-order valence-electron chi connectivity index (χ2n) is 4.14. The Bertz CT molecular complexity index is 540. The predicted molar refractivity (Wildman–Crippen MR) is 84.4 cm³/mol. The molecule has 0 radical (unpaired) electrons. The van der Waals surface area contributed by atoms with Gasteiger partial charge in [0, 0.05) is 21.6 Å². The molecule has 18 heavy (non-hydrogen) atoms. The third-order valence-electron chi connectivity index (χ3n) is 2.81. The number of para-hydroxylation sites is 1. The van der Waals surface area contributed by atoms with Crippen LogP contribution in [-0.4, -0.2) is 6.26 Å². The number of benzene rings is 2. The number of thioether (sulfide) groups is 1. The number of rotatable bonds is 4. The van der Waals surface area contributed by atoms with Gasteiger partial charge in [0.1, 0.15) is 0 Å². The van der Waals surface area contributed by atoms with E-state index in [1.807, 2.05) is 0 Å². The maximum Gasteiger partial charge on any atom is 0.0480 e. The first-order valence-electron chi connectivity index (χ1n) is 5.82. The van der Waals surface area contributed by atoms with E-state index in [0.29, 0.717) is 0 Å². The molecule has 0 aromatic heterocycles. The quantitative estimate of drug-likeness (QED) is 0.787. The minimum Gasteiger partial charge on any atom is -0.380 e. The van der Waals surface area contributed by atoms with Crippen molar-refractivity contribution in [1.82, 2.24) is 0 Å². The van der Waals surface area contributed by atoms with E-state index < -0.39 is 0 Å². The van der Waals surface area contributed by atoms with Gasteiger partial charge in [0.2, 0.25) is 0 Å². The van der Waals surface area contributed by atoms with Crippen LogP contribution in [0.5, 0.6) is 0 Å². The number of anilines is 1. The van der Waals surface area contributed by atoms with Crippen molar-refractivity contribution >= 4 is 33.4 Å². The number of hydrogen-bond donors (Lipinski definition) is 1. The van der Waals surface area contributed by atoms with Crippen LogP contribution in [0.15, 0.2) is 51.8 Å². The summed E-state index contributed by atoms with van der Waals surface area (Å²) in [6, 6.07) is 14.9. The minimum absolute atomic E-state index is 0.853. The van der Waals surface area contributed by atoms with Crippen LogP contribution in [-0.2, 0) is 6.54 Å². The van der Waals surface area contributed by atoms with Gasteiger partial charge in [-0.05, 0) is 42.5 Å². The molecule has 2 aromatic carbocycles. The summed E-state index contributed by atoms with van der Waals surface area (Å²) in [5.41, 5.74) is 3.77.